The molecule has 0 spiro atoms. The highest BCUT2D eigenvalue weighted by molar-refractivity contribution is 7.19. The van der Waals surface area contributed by atoms with Crippen LogP contribution in [0.4, 0.5) is 9.39 Å². The lowest BCUT2D eigenvalue weighted by atomic mass is 10.1. The second kappa shape index (κ2) is 11.4. The highest BCUT2D eigenvalue weighted by Crippen LogP contribution is 2.38. The third kappa shape index (κ3) is 5.85. The minimum atomic E-state index is -0.270. The maximum atomic E-state index is 13.5. The predicted molar refractivity (Wildman–Crippen MR) is 146 cm³/mol. The van der Waals surface area contributed by atoms with Gasteiger partial charge in [-0.2, -0.15) is 0 Å². The molecule has 0 atom stereocenters. The molecule has 4 nitrogen and oxygen atoms in total. The highest BCUT2D eigenvalue weighted by Gasteiger charge is 2.17. The Kier molecular flexibility index (Phi) is 7.44. The van der Waals surface area contributed by atoms with Gasteiger partial charge in [0.2, 0.25) is 0 Å². The minimum absolute atomic E-state index is 0.270. The van der Waals surface area contributed by atoms with Crippen molar-refractivity contribution in [2.45, 2.75) is 0 Å². The first kappa shape index (κ1) is 23.5. The lowest BCUT2D eigenvalue weighted by Crippen LogP contribution is -2.15. The third-order valence-electron chi connectivity index (χ3n) is 5.42. The zero-order chi connectivity index (χ0) is 24.6. The summed E-state index contributed by atoms with van der Waals surface area (Å²) in [5, 5.41) is 5.21. The maximum Gasteiger partial charge on any atom is 0.133 e. The van der Waals surface area contributed by atoms with E-state index in [0.29, 0.717) is 13.2 Å². The average Bonchev–Trinajstić information content (AvgIpc) is 3.36. The molecule has 6 heteroatoms. The van der Waals surface area contributed by atoms with Gasteiger partial charge < -0.3 is 10.1 Å². The summed E-state index contributed by atoms with van der Waals surface area (Å²) in [7, 11) is 0. The molecule has 0 saturated heterocycles. The monoisotopic (exact) mass is 493 g/mol. The van der Waals surface area contributed by atoms with Crippen LogP contribution in [-0.2, 0) is 0 Å². The molecule has 1 N–H and O–H groups in total. The molecule has 0 fully saturated rings. The van der Waals surface area contributed by atoms with E-state index in [0.717, 1.165) is 44.0 Å². The van der Waals surface area contributed by atoms with Crippen molar-refractivity contribution >= 4 is 22.2 Å². The number of hydrogen-bond acceptors (Lipinski definition) is 4. The first-order valence-electron chi connectivity index (χ1n) is 11.6. The van der Waals surface area contributed by atoms with E-state index >= 15 is 0 Å². The maximum absolute atomic E-state index is 13.5. The van der Waals surface area contributed by atoms with Crippen LogP contribution in [0.1, 0.15) is 5.56 Å². The van der Waals surface area contributed by atoms with Gasteiger partial charge in [-0.05, 0) is 36.4 Å². The standard InChI is InChI=1S/C30H24FN3OS/c31-25-18-16-24(17-19-25)29-33-27(22-10-4-1-5-11-22)30(36-29)34-28(23-12-6-2-7-13-23)32-20-21-35-26-14-8-3-9-15-26/h1-19H,20-21H2,(H,32,34). The molecule has 0 amide bonds. The van der Waals surface area contributed by atoms with Crippen molar-refractivity contribution in [3.05, 3.63) is 127 Å². The molecular formula is C30H24FN3OS. The number of benzene rings is 4. The number of rotatable bonds is 8. The molecular weight excluding hydrogens is 469 g/mol. The number of anilines is 1. The van der Waals surface area contributed by atoms with Crippen molar-refractivity contribution in [3.8, 4) is 27.6 Å². The molecule has 1 heterocycles. The van der Waals surface area contributed by atoms with Crippen molar-refractivity contribution in [2.75, 3.05) is 18.5 Å². The largest absolute Gasteiger partial charge is 0.492 e. The third-order valence-corrected chi connectivity index (χ3v) is 6.44. The molecule has 0 unspecified atom stereocenters. The van der Waals surface area contributed by atoms with Gasteiger partial charge in [0.15, 0.2) is 0 Å². The highest BCUT2D eigenvalue weighted by atomic mass is 32.1. The first-order valence-corrected chi connectivity index (χ1v) is 12.4. The number of aliphatic imine (C=N–C) groups is 1. The minimum Gasteiger partial charge on any atom is -0.492 e. The number of aromatic nitrogens is 1. The number of nitrogens with zero attached hydrogens (tertiary/aromatic N) is 2. The van der Waals surface area contributed by atoms with E-state index in [1.54, 1.807) is 12.1 Å². The number of hydrogen-bond donors (Lipinski definition) is 1. The number of para-hydroxylation sites is 1. The lowest BCUT2D eigenvalue weighted by molar-refractivity contribution is 0.329. The van der Waals surface area contributed by atoms with Crippen LogP contribution in [0.15, 0.2) is 120 Å². The Bertz CT molecular complexity index is 1420. The number of halogens is 1. The Morgan fingerprint density at radius 3 is 2.11 bits per heavy atom. The fraction of sp³-hybridized carbons (Fsp3) is 0.0667. The quantitative estimate of drug-likeness (QED) is 0.138. The lowest BCUT2D eigenvalue weighted by Gasteiger charge is -2.11. The Morgan fingerprint density at radius 2 is 1.42 bits per heavy atom. The number of nitrogens with one attached hydrogen (secondary N) is 1. The van der Waals surface area contributed by atoms with E-state index in [-0.39, 0.29) is 5.82 Å². The molecule has 0 bridgehead atoms. The van der Waals surface area contributed by atoms with Crippen LogP contribution in [-0.4, -0.2) is 24.0 Å². The van der Waals surface area contributed by atoms with E-state index in [1.165, 1.54) is 23.5 Å². The average molecular weight is 494 g/mol. The Morgan fingerprint density at radius 1 is 0.778 bits per heavy atom. The summed E-state index contributed by atoms with van der Waals surface area (Å²) in [5.74, 6) is 1.28. The van der Waals surface area contributed by atoms with Crippen molar-refractivity contribution in [1.29, 1.82) is 0 Å². The van der Waals surface area contributed by atoms with Gasteiger partial charge in [-0.1, -0.05) is 90.2 Å². The van der Waals surface area contributed by atoms with Gasteiger partial charge in [0.05, 0.1) is 6.54 Å². The molecule has 1 aromatic heterocycles. The second-order valence-corrected chi connectivity index (χ2v) is 8.95. The smallest absolute Gasteiger partial charge is 0.133 e. The predicted octanol–water partition coefficient (Wildman–Crippen LogP) is 7.55. The van der Waals surface area contributed by atoms with Crippen molar-refractivity contribution in [3.63, 3.8) is 0 Å². The SMILES string of the molecule is Fc1ccc(-c2nc(-c3ccccc3)c(NC(=NCCOc3ccccc3)c3ccccc3)s2)cc1. The van der Waals surface area contributed by atoms with Gasteiger partial charge in [-0.25, -0.2) is 9.37 Å². The summed E-state index contributed by atoms with van der Waals surface area (Å²) in [6.07, 6.45) is 0. The van der Waals surface area contributed by atoms with Crippen LogP contribution < -0.4 is 10.1 Å². The Labute approximate surface area is 213 Å². The van der Waals surface area contributed by atoms with Gasteiger partial charge in [0.25, 0.3) is 0 Å². The molecule has 0 aliphatic heterocycles. The summed E-state index contributed by atoms with van der Waals surface area (Å²) >= 11 is 1.52. The fourth-order valence-corrected chi connectivity index (χ4v) is 4.65. The van der Waals surface area contributed by atoms with Crippen molar-refractivity contribution in [1.82, 2.24) is 4.98 Å². The van der Waals surface area contributed by atoms with E-state index in [1.807, 2.05) is 91.0 Å². The zero-order valence-corrected chi connectivity index (χ0v) is 20.3. The normalized spacial score (nSPS) is 11.3. The molecule has 0 aliphatic rings. The van der Waals surface area contributed by atoms with Crippen LogP contribution in [0, 0.1) is 5.82 Å². The number of ether oxygens (including phenoxy) is 1. The molecule has 0 radical (unpaired) electrons. The second-order valence-electron chi connectivity index (χ2n) is 7.95. The molecule has 4 aromatic carbocycles. The Hall–Kier alpha value is -4.29. The molecule has 0 aliphatic carbocycles. The van der Waals surface area contributed by atoms with Crippen LogP contribution in [0.5, 0.6) is 5.75 Å². The molecule has 0 saturated carbocycles. The molecule has 5 aromatic rings. The Balaban J connectivity index is 1.46. The summed E-state index contributed by atoms with van der Waals surface area (Å²) in [5.41, 5.74) is 3.64. The van der Waals surface area contributed by atoms with Crippen LogP contribution in [0.25, 0.3) is 21.8 Å². The van der Waals surface area contributed by atoms with Gasteiger partial charge in [-0.3, -0.25) is 4.99 Å². The number of thiazole rings is 1. The summed E-state index contributed by atoms with van der Waals surface area (Å²) in [4.78, 5) is 9.76. The van der Waals surface area contributed by atoms with Gasteiger partial charge in [0, 0.05) is 16.7 Å². The summed E-state index contributed by atoms with van der Waals surface area (Å²) < 4.78 is 19.3. The van der Waals surface area contributed by atoms with Crippen LogP contribution >= 0.6 is 11.3 Å². The first-order chi connectivity index (χ1) is 17.8. The van der Waals surface area contributed by atoms with Crippen LogP contribution in [0.2, 0.25) is 0 Å². The fourth-order valence-electron chi connectivity index (χ4n) is 3.66. The van der Waals surface area contributed by atoms with E-state index < -0.39 is 0 Å². The summed E-state index contributed by atoms with van der Waals surface area (Å²) in [6, 6.07) is 36.1. The van der Waals surface area contributed by atoms with Gasteiger partial charge in [0.1, 0.15) is 39.7 Å². The number of amidine groups is 1. The van der Waals surface area contributed by atoms with E-state index in [4.69, 9.17) is 14.7 Å². The van der Waals surface area contributed by atoms with Gasteiger partial charge in [-0.15, -0.1) is 0 Å². The topological polar surface area (TPSA) is 46.5 Å². The summed E-state index contributed by atoms with van der Waals surface area (Å²) in [6.45, 7) is 0.938. The van der Waals surface area contributed by atoms with E-state index in [2.05, 4.69) is 5.32 Å². The molecule has 5 rings (SSSR count). The van der Waals surface area contributed by atoms with E-state index in [9.17, 15) is 4.39 Å². The van der Waals surface area contributed by atoms with Crippen molar-refractivity contribution in [2.24, 2.45) is 4.99 Å². The van der Waals surface area contributed by atoms with Crippen molar-refractivity contribution < 1.29 is 9.13 Å². The van der Waals surface area contributed by atoms with Gasteiger partial charge >= 0.3 is 0 Å². The molecule has 36 heavy (non-hydrogen) atoms. The molecule has 178 valence electrons. The van der Waals surface area contributed by atoms with Crippen LogP contribution in [0.3, 0.4) is 0 Å². The zero-order valence-electron chi connectivity index (χ0n) is 19.5.